The smallest absolute Gasteiger partial charge is 0.0179 e. The van der Waals surface area contributed by atoms with Crippen molar-refractivity contribution < 1.29 is 0 Å². The Bertz CT molecular complexity index is 293. The molecule has 0 radical (unpaired) electrons. The maximum Gasteiger partial charge on any atom is -0.0179 e. The summed E-state index contributed by atoms with van der Waals surface area (Å²) in [6.07, 6.45) is 10.6. The van der Waals surface area contributed by atoms with Gasteiger partial charge in [0.05, 0.1) is 0 Å². The zero-order valence-electron chi connectivity index (χ0n) is 11.6. The molecule has 0 aromatic heterocycles. The Morgan fingerprint density at radius 3 is 2.31 bits per heavy atom. The summed E-state index contributed by atoms with van der Waals surface area (Å²) in [5.74, 6) is 2.00. The predicted octanol–water partition coefficient (Wildman–Crippen LogP) is 5.03. The molecule has 2 bridgehead atoms. The fourth-order valence-electron chi connectivity index (χ4n) is 6.43. The third-order valence-electron chi connectivity index (χ3n) is 7.40. The molecule has 92 valence electrons. The second kappa shape index (κ2) is 3.06. The van der Waals surface area contributed by atoms with Crippen LogP contribution in [0.4, 0.5) is 0 Å². The van der Waals surface area contributed by atoms with E-state index in [1.165, 1.54) is 19.3 Å². The first-order valence-electron chi connectivity index (χ1n) is 7.52. The lowest BCUT2D eigenvalue weighted by Gasteiger charge is -2.77. The molecular formula is C16H28. The van der Waals surface area contributed by atoms with Gasteiger partial charge in [0.25, 0.3) is 0 Å². The van der Waals surface area contributed by atoms with Gasteiger partial charge in [-0.05, 0) is 60.2 Å². The van der Waals surface area contributed by atoms with Gasteiger partial charge in [0.15, 0.2) is 0 Å². The van der Waals surface area contributed by atoms with Crippen LogP contribution in [0.15, 0.2) is 0 Å². The van der Waals surface area contributed by atoms with Gasteiger partial charge in [-0.15, -0.1) is 0 Å². The van der Waals surface area contributed by atoms with Crippen molar-refractivity contribution in [2.45, 2.75) is 72.6 Å². The third-order valence-corrected chi connectivity index (χ3v) is 7.40. The highest BCUT2D eigenvalue weighted by atomic mass is 14.9. The normalized spacial score (nSPS) is 55.1. The molecule has 0 aliphatic heterocycles. The Balaban J connectivity index is 1.80. The van der Waals surface area contributed by atoms with E-state index in [2.05, 4.69) is 27.7 Å². The predicted molar refractivity (Wildman–Crippen MR) is 69.3 cm³/mol. The van der Waals surface area contributed by atoms with Crippen molar-refractivity contribution in [3.05, 3.63) is 0 Å². The van der Waals surface area contributed by atoms with Crippen LogP contribution in [-0.4, -0.2) is 0 Å². The molecule has 16 heavy (non-hydrogen) atoms. The molecule has 0 heteroatoms. The van der Waals surface area contributed by atoms with Gasteiger partial charge in [-0.3, -0.25) is 0 Å². The molecule has 4 rings (SSSR count). The van der Waals surface area contributed by atoms with Crippen LogP contribution in [0.5, 0.6) is 0 Å². The number of hydrogen-bond donors (Lipinski definition) is 0. The molecule has 0 aromatic rings. The largest absolute Gasteiger partial charge is 0.0654 e. The van der Waals surface area contributed by atoms with E-state index in [1.807, 2.05) is 0 Å². The Hall–Kier alpha value is 0. The van der Waals surface area contributed by atoms with Gasteiger partial charge < -0.3 is 0 Å². The number of fused-ring (bicyclic) bond motifs is 1. The number of rotatable bonds is 4. The zero-order valence-corrected chi connectivity index (χ0v) is 11.6. The summed E-state index contributed by atoms with van der Waals surface area (Å²) in [6.45, 7) is 10.00. The molecule has 5 atom stereocenters. The van der Waals surface area contributed by atoms with E-state index < -0.39 is 0 Å². The molecule has 4 fully saturated rings. The summed E-state index contributed by atoms with van der Waals surface area (Å²) in [4.78, 5) is 0. The van der Waals surface area contributed by atoms with Gasteiger partial charge in [0, 0.05) is 0 Å². The first kappa shape index (κ1) is 11.1. The highest BCUT2D eigenvalue weighted by Gasteiger charge is 2.83. The monoisotopic (exact) mass is 220 g/mol. The molecule has 0 saturated heterocycles. The molecule has 0 amide bonds. The molecule has 4 saturated carbocycles. The van der Waals surface area contributed by atoms with E-state index in [4.69, 9.17) is 0 Å². The maximum absolute atomic E-state index is 2.61. The summed E-state index contributed by atoms with van der Waals surface area (Å²) in [5.41, 5.74) is 2.35. The molecule has 0 heterocycles. The molecule has 0 nitrogen and oxygen atoms in total. The summed E-state index contributed by atoms with van der Waals surface area (Å²) < 4.78 is 0. The Kier molecular flexibility index (Phi) is 2.12. The van der Waals surface area contributed by atoms with E-state index >= 15 is 0 Å². The van der Waals surface area contributed by atoms with Crippen LogP contribution in [0.1, 0.15) is 72.6 Å². The van der Waals surface area contributed by atoms with Crippen molar-refractivity contribution >= 4 is 0 Å². The first-order valence-corrected chi connectivity index (χ1v) is 7.52. The van der Waals surface area contributed by atoms with E-state index in [9.17, 15) is 0 Å². The second-order valence-corrected chi connectivity index (χ2v) is 7.48. The summed E-state index contributed by atoms with van der Waals surface area (Å²) >= 11 is 0. The van der Waals surface area contributed by atoms with E-state index in [0.29, 0.717) is 0 Å². The minimum absolute atomic E-state index is 0.729. The van der Waals surface area contributed by atoms with E-state index in [-0.39, 0.29) is 0 Å². The maximum atomic E-state index is 2.61. The molecular weight excluding hydrogens is 192 g/mol. The van der Waals surface area contributed by atoms with Crippen molar-refractivity contribution in [1.82, 2.24) is 0 Å². The third kappa shape index (κ3) is 0.875. The van der Waals surface area contributed by atoms with Crippen molar-refractivity contribution in [3.8, 4) is 0 Å². The minimum Gasteiger partial charge on any atom is -0.0654 e. The SMILES string of the molecule is CCCC(C)CC12CCC13CCC2(C)C3C. The van der Waals surface area contributed by atoms with Crippen LogP contribution >= 0.6 is 0 Å². The second-order valence-electron chi connectivity index (χ2n) is 7.48. The molecule has 4 aliphatic carbocycles. The van der Waals surface area contributed by atoms with Crippen LogP contribution in [0.25, 0.3) is 0 Å². The molecule has 5 unspecified atom stereocenters. The van der Waals surface area contributed by atoms with Crippen LogP contribution in [0.3, 0.4) is 0 Å². The van der Waals surface area contributed by atoms with Gasteiger partial charge in [0.2, 0.25) is 0 Å². The van der Waals surface area contributed by atoms with Gasteiger partial charge >= 0.3 is 0 Å². The van der Waals surface area contributed by atoms with Crippen molar-refractivity contribution in [3.63, 3.8) is 0 Å². The first-order chi connectivity index (χ1) is 7.52. The standard InChI is InChI=1S/C16H28/c1-5-6-12(2)11-16-10-9-15(16)8-7-14(16,4)13(15)3/h12-13H,5-11H2,1-4H3. The Morgan fingerprint density at radius 1 is 1.19 bits per heavy atom. The zero-order chi connectivity index (χ0) is 11.6. The van der Waals surface area contributed by atoms with Crippen LogP contribution in [-0.2, 0) is 0 Å². The highest BCUT2D eigenvalue weighted by molar-refractivity contribution is 5.31. The minimum atomic E-state index is 0.729. The van der Waals surface area contributed by atoms with Crippen molar-refractivity contribution in [2.24, 2.45) is 28.1 Å². The molecule has 4 aliphatic rings. The lowest BCUT2D eigenvalue weighted by atomic mass is 9.27. The van der Waals surface area contributed by atoms with Crippen molar-refractivity contribution in [2.75, 3.05) is 0 Å². The number of hydrogen-bond acceptors (Lipinski definition) is 0. The summed E-state index contributed by atoms with van der Waals surface area (Å²) in [5, 5.41) is 0. The van der Waals surface area contributed by atoms with E-state index in [0.717, 1.165) is 28.1 Å². The quantitative estimate of drug-likeness (QED) is 0.623. The van der Waals surface area contributed by atoms with Gasteiger partial charge in [-0.25, -0.2) is 0 Å². The fourth-order valence-corrected chi connectivity index (χ4v) is 6.43. The van der Waals surface area contributed by atoms with Gasteiger partial charge in [0.1, 0.15) is 0 Å². The Morgan fingerprint density at radius 2 is 1.88 bits per heavy atom. The van der Waals surface area contributed by atoms with Gasteiger partial charge in [-0.2, -0.15) is 0 Å². The highest BCUT2D eigenvalue weighted by Crippen LogP contribution is 2.90. The van der Waals surface area contributed by atoms with E-state index in [1.54, 1.807) is 25.7 Å². The lowest BCUT2D eigenvalue weighted by Crippen LogP contribution is -2.71. The Labute approximate surface area is 101 Å². The van der Waals surface area contributed by atoms with Gasteiger partial charge in [-0.1, -0.05) is 40.5 Å². The lowest BCUT2D eigenvalue weighted by molar-refractivity contribution is -0.291. The summed E-state index contributed by atoms with van der Waals surface area (Å²) in [6, 6.07) is 0. The molecule has 0 aromatic carbocycles. The summed E-state index contributed by atoms with van der Waals surface area (Å²) in [7, 11) is 0. The average molecular weight is 220 g/mol. The topological polar surface area (TPSA) is 0 Å². The fraction of sp³-hybridized carbons (Fsp3) is 1.00. The molecule has 0 N–H and O–H groups in total. The average Bonchev–Trinajstić information content (AvgIpc) is 2.59. The van der Waals surface area contributed by atoms with Crippen LogP contribution in [0, 0.1) is 28.1 Å². The molecule has 1 spiro atoms. The van der Waals surface area contributed by atoms with Crippen LogP contribution in [0.2, 0.25) is 0 Å². The van der Waals surface area contributed by atoms with Crippen LogP contribution < -0.4 is 0 Å². The van der Waals surface area contributed by atoms with Crippen molar-refractivity contribution in [1.29, 1.82) is 0 Å².